The smallest absolute Gasteiger partial charge is 0.264 e. The first kappa shape index (κ1) is 16.0. The van der Waals surface area contributed by atoms with E-state index in [1.165, 1.54) is 18.7 Å². The monoisotopic (exact) mass is 338 g/mol. The topological polar surface area (TPSA) is 71.7 Å². The lowest BCUT2D eigenvalue weighted by Crippen LogP contribution is -2.19. The lowest BCUT2D eigenvalue weighted by molar-refractivity contribution is -0.115. The van der Waals surface area contributed by atoms with Crippen molar-refractivity contribution >= 4 is 40.4 Å². The Kier molecular flexibility index (Phi) is 4.77. The molecule has 24 heavy (non-hydrogen) atoms. The fraction of sp³-hybridized carbons (Fsp3) is 0.0556. The average molecular weight is 338 g/mol. The van der Waals surface area contributed by atoms with Gasteiger partial charge in [0.05, 0.1) is 16.9 Å². The molecular weight excluding hydrogens is 324 g/mol. The number of allylic oxidation sites excluding steroid dienone is 2. The number of rotatable bonds is 4. The number of ketones is 1. The molecule has 1 aromatic carbocycles. The quantitative estimate of drug-likeness (QED) is 0.677. The number of hydrogen-bond donors (Lipinski definition) is 1. The third-order valence-electron chi connectivity index (χ3n) is 3.19. The first-order chi connectivity index (χ1) is 11.6. The first-order valence-corrected chi connectivity index (χ1v) is 8.04. The maximum atomic E-state index is 11.9. The Labute approximate surface area is 143 Å². The number of Topliss-reactive ketones (excluding diaryl/α,β-unsaturated/α-hetero) is 1. The summed E-state index contributed by atoms with van der Waals surface area (Å²) in [6.45, 7) is 1.50. The number of amides is 1. The van der Waals surface area contributed by atoms with Crippen LogP contribution in [0.5, 0.6) is 0 Å². The van der Waals surface area contributed by atoms with Crippen LogP contribution in [-0.2, 0) is 4.79 Å². The van der Waals surface area contributed by atoms with Crippen molar-refractivity contribution in [3.63, 3.8) is 0 Å². The third-order valence-corrected chi connectivity index (χ3v) is 4.11. The second kappa shape index (κ2) is 7.14. The van der Waals surface area contributed by atoms with Gasteiger partial charge >= 0.3 is 0 Å². The van der Waals surface area contributed by atoms with Gasteiger partial charge in [0.25, 0.3) is 5.91 Å². The van der Waals surface area contributed by atoms with Crippen LogP contribution in [0.3, 0.4) is 0 Å². The first-order valence-electron chi connectivity index (χ1n) is 7.22. The van der Waals surface area contributed by atoms with Gasteiger partial charge in [-0.1, -0.05) is 18.2 Å². The average Bonchev–Trinajstić information content (AvgIpc) is 3.18. The minimum atomic E-state index is -0.203. The molecule has 5 nitrogen and oxygen atoms in total. The lowest BCUT2D eigenvalue weighted by Gasteiger charge is -1.99. The fourth-order valence-electron chi connectivity index (χ4n) is 2.02. The number of furan rings is 1. The van der Waals surface area contributed by atoms with E-state index in [2.05, 4.69) is 10.3 Å². The van der Waals surface area contributed by atoms with Gasteiger partial charge in [-0.2, -0.15) is 0 Å². The molecule has 0 atom stereocenters. The summed E-state index contributed by atoms with van der Waals surface area (Å²) in [4.78, 5) is 28.3. The summed E-state index contributed by atoms with van der Waals surface area (Å²) in [5, 5.41) is 3.19. The Balaban J connectivity index is 1.74. The highest BCUT2D eigenvalue weighted by molar-refractivity contribution is 8.18. The zero-order chi connectivity index (χ0) is 16.9. The Bertz CT molecular complexity index is 864. The van der Waals surface area contributed by atoms with Gasteiger partial charge in [-0.25, -0.2) is 4.99 Å². The summed E-state index contributed by atoms with van der Waals surface area (Å²) < 4.78 is 5.18. The number of amidine groups is 1. The van der Waals surface area contributed by atoms with Crippen LogP contribution < -0.4 is 5.32 Å². The molecule has 1 aliphatic heterocycles. The molecule has 1 aliphatic rings. The summed E-state index contributed by atoms with van der Waals surface area (Å²) in [6.07, 6.45) is 6.81. The van der Waals surface area contributed by atoms with Crippen molar-refractivity contribution in [3.8, 4) is 0 Å². The van der Waals surface area contributed by atoms with Crippen molar-refractivity contribution in [2.75, 3.05) is 0 Å². The molecule has 0 bridgehead atoms. The standard InChI is InChI=1S/C18H14N2O3S/c1-12(21)13-5-2-6-14(11-13)19-18-20-17(22)16(24-18)9-3-7-15-8-4-10-23-15/h2-11H,1H3,(H,19,20,22)/b7-3+,16-9-. The third kappa shape index (κ3) is 3.91. The van der Waals surface area contributed by atoms with Gasteiger partial charge in [0.1, 0.15) is 5.76 Å². The molecule has 0 saturated carbocycles. The molecule has 0 unspecified atom stereocenters. The number of thioether (sulfide) groups is 1. The summed E-state index contributed by atoms with van der Waals surface area (Å²) in [5.74, 6) is 0.486. The second-order valence-electron chi connectivity index (χ2n) is 4.99. The Hall–Kier alpha value is -2.86. The van der Waals surface area contributed by atoms with Crippen LogP contribution >= 0.6 is 11.8 Å². The molecule has 120 valence electrons. The maximum absolute atomic E-state index is 11.9. The normalized spacial score (nSPS) is 17.8. The molecule has 6 heteroatoms. The van der Waals surface area contributed by atoms with E-state index in [1.54, 1.807) is 54.8 Å². The number of aliphatic imine (C=N–C) groups is 1. The van der Waals surface area contributed by atoms with Crippen LogP contribution in [0.2, 0.25) is 0 Å². The number of nitrogens with zero attached hydrogens (tertiary/aromatic N) is 1. The minimum Gasteiger partial charge on any atom is -0.465 e. The van der Waals surface area contributed by atoms with E-state index in [-0.39, 0.29) is 11.7 Å². The second-order valence-corrected chi connectivity index (χ2v) is 6.02. The molecular formula is C18H14N2O3S. The van der Waals surface area contributed by atoms with E-state index in [4.69, 9.17) is 4.42 Å². The summed E-state index contributed by atoms with van der Waals surface area (Å²) in [5.41, 5.74) is 1.21. The predicted molar refractivity (Wildman–Crippen MR) is 95.1 cm³/mol. The van der Waals surface area contributed by atoms with Crippen molar-refractivity contribution in [2.24, 2.45) is 4.99 Å². The minimum absolute atomic E-state index is 0.0243. The van der Waals surface area contributed by atoms with E-state index >= 15 is 0 Å². The van der Waals surface area contributed by atoms with Crippen molar-refractivity contribution in [2.45, 2.75) is 6.92 Å². The van der Waals surface area contributed by atoms with Gasteiger partial charge in [-0.05, 0) is 55.1 Å². The van der Waals surface area contributed by atoms with Gasteiger partial charge in [0.15, 0.2) is 11.0 Å². The van der Waals surface area contributed by atoms with Crippen molar-refractivity contribution < 1.29 is 14.0 Å². The van der Waals surface area contributed by atoms with Gasteiger partial charge in [-0.15, -0.1) is 0 Å². The zero-order valence-electron chi connectivity index (χ0n) is 12.9. The Morgan fingerprint density at radius 2 is 2.17 bits per heavy atom. The number of carbonyl (C=O) groups excluding carboxylic acids is 2. The summed E-state index contributed by atoms with van der Waals surface area (Å²) >= 11 is 1.25. The predicted octanol–water partition coefficient (Wildman–Crippen LogP) is 3.93. The van der Waals surface area contributed by atoms with Crippen LogP contribution in [0, 0.1) is 0 Å². The lowest BCUT2D eigenvalue weighted by atomic mass is 10.1. The van der Waals surface area contributed by atoms with E-state index in [1.807, 2.05) is 6.07 Å². The van der Waals surface area contributed by atoms with Gasteiger partial charge in [0, 0.05) is 5.56 Å². The molecule has 1 aromatic heterocycles. The molecule has 2 aromatic rings. The molecule has 1 fully saturated rings. The maximum Gasteiger partial charge on any atom is 0.264 e. The van der Waals surface area contributed by atoms with E-state index < -0.39 is 0 Å². The fourth-order valence-corrected chi connectivity index (χ4v) is 2.82. The molecule has 2 heterocycles. The van der Waals surface area contributed by atoms with Crippen molar-refractivity contribution in [3.05, 3.63) is 71.0 Å². The largest absolute Gasteiger partial charge is 0.465 e. The van der Waals surface area contributed by atoms with Gasteiger partial charge in [0.2, 0.25) is 0 Å². The number of hydrogen-bond acceptors (Lipinski definition) is 5. The Morgan fingerprint density at radius 3 is 2.92 bits per heavy atom. The highest BCUT2D eigenvalue weighted by atomic mass is 32.2. The highest BCUT2D eigenvalue weighted by Crippen LogP contribution is 2.26. The number of carbonyl (C=O) groups is 2. The van der Waals surface area contributed by atoms with Gasteiger partial charge in [-0.3, -0.25) is 9.59 Å². The SMILES string of the molecule is CC(=O)c1cccc(N=C2NC(=O)/C(=C/C=C/c3ccco3)S2)c1. The van der Waals surface area contributed by atoms with E-state index in [0.29, 0.717) is 27.1 Å². The molecule has 3 rings (SSSR count). The zero-order valence-corrected chi connectivity index (χ0v) is 13.7. The molecule has 0 spiro atoms. The molecule has 0 radical (unpaired) electrons. The van der Waals surface area contributed by atoms with Crippen LogP contribution in [0.15, 0.2) is 69.1 Å². The Morgan fingerprint density at radius 1 is 1.29 bits per heavy atom. The molecule has 0 aliphatic carbocycles. The van der Waals surface area contributed by atoms with E-state index in [0.717, 1.165) is 0 Å². The molecule has 1 N–H and O–H groups in total. The van der Waals surface area contributed by atoms with Gasteiger partial charge < -0.3 is 9.73 Å². The number of benzene rings is 1. The molecule has 1 saturated heterocycles. The van der Waals surface area contributed by atoms with Crippen LogP contribution in [0.25, 0.3) is 6.08 Å². The number of nitrogens with one attached hydrogen (secondary N) is 1. The highest BCUT2D eigenvalue weighted by Gasteiger charge is 2.23. The van der Waals surface area contributed by atoms with Crippen LogP contribution in [-0.4, -0.2) is 16.9 Å². The van der Waals surface area contributed by atoms with Crippen molar-refractivity contribution in [1.82, 2.24) is 5.32 Å². The van der Waals surface area contributed by atoms with Crippen LogP contribution in [0.1, 0.15) is 23.0 Å². The van der Waals surface area contributed by atoms with E-state index in [9.17, 15) is 9.59 Å². The summed E-state index contributed by atoms with van der Waals surface area (Å²) in [7, 11) is 0. The van der Waals surface area contributed by atoms with Crippen molar-refractivity contribution in [1.29, 1.82) is 0 Å². The van der Waals surface area contributed by atoms with Crippen LogP contribution in [0.4, 0.5) is 5.69 Å². The summed E-state index contributed by atoms with van der Waals surface area (Å²) in [6, 6.07) is 10.6. The molecule has 1 amide bonds.